The molecule has 0 atom stereocenters. The van der Waals surface area contributed by atoms with Gasteiger partial charge in [-0.15, -0.1) is 0 Å². The van der Waals surface area contributed by atoms with Crippen LogP contribution in [0.3, 0.4) is 0 Å². The average molecular weight is 254 g/mol. The van der Waals surface area contributed by atoms with E-state index in [-0.39, 0.29) is 24.4 Å². The van der Waals surface area contributed by atoms with Gasteiger partial charge in [-0.05, 0) is 37.1 Å². The van der Waals surface area contributed by atoms with Gasteiger partial charge < -0.3 is 10.2 Å². The van der Waals surface area contributed by atoms with Gasteiger partial charge in [0.15, 0.2) is 11.6 Å². The zero-order chi connectivity index (χ0) is 14.0. The van der Waals surface area contributed by atoms with E-state index in [1.165, 1.54) is 24.3 Å². The van der Waals surface area contributed by atoms with Crippen LogP contribution in [0.5, 0.6) is 0 Å². The summed E-state index contributed by atoms with van der Waals surface area (Å²) < 4.78 is 0. The van der Waals surface area contributed by atoms with Crippen LogP contribution in [-0.4, -0.2) is 33.7 Å². The lowest BCUT2D eigenvalue weighted by Crippen LogP contribution is -1.97. The molecule has 1 aliphatic carbocycles. The first-order chi connectivity index (χ1) is 8.41. The summed E-state index contributed by atoms with van der Waals surface area (Å²) in [5, 5.41) is 16.3. The number of carbonyl (C=O) groups is 4. The van der Waals surface area contributed by atoms with E-state index >= 15 is 0 Å². The van der Waals surface area contributed by atoms with Crippen molar-refractivity contribution in [2.45, 2.75) is 25.7 Å². The van der Waals surface area contributed by atoms with Crippen molar-refractivity contribution in [2.75, 3.05) is 0 Å². The maximum Gasteiger partial charge on any atom is 0.303 e. The van der Waals surface area contributed by atoms with Gasteiger partial charge in [-0.2, -0.15) is 0 Å². The van der Waals surface area contributed by atoms with E-state index < -0.39 is 11.9 Å². The molecular weight excluding hydrogens is 240 g/mol. The Morgan fingerprint density at radius 2 is 1.06 bits per heavy atom. The van der Waals surface area contributed by atoms with Crippen LogP contribution in [0.2, 0.25) is 0 Å². The molecule has 0 spiro atoms. The van der Waals surface area contributed by atoms with Gasteiger partial charge in [-0.3, -0.25) is 19.2 Å². The fourth-order valence-corrected chi connectivity index (χ4v) is 0.992. The predicted octanol–water partition coefficient (Wildman–Crippen LogP) is 0.967. The van der Waals surface area contributed by atoms with Crippen molar-refractivity contribution in [3.63, 3.8) is 0 Å². The number of hydrogen-bond donors (Lipinski definition) is 2. The molecule has 0 fully saturated rings. The maximum absolute atomic E-state index is 10.3. The monoisotopic (exact) mass is 254 g/mol. The molecule has 0 saturated carbocycles. The molecule has 0 aromatic heterocycles. The average Bonchev–Trinajstić information content (AvgIpc) is 2.29. The van der Waals surface area contributed by atoms with E-state index in [4.69, 9.17) is 10.2 Å². The van der Waals surface area contributed by atoms with Gasteiger partial charge >= 0.3 is 11.9 Å². The van der Waals surface area contributed by atoms with Crippen LogP contribution in [0.15, 0.2) is 24.3 Å². The topological polar surface area (TPSA) is 109 Å². The first-order valence-electron chi connectivity index (χ1n) is 5.29. The van der Waals surface area contributed by atoms with E-state index in [2.05, 4.69) is 0 Å². The Morgan fingerprint density at radius 3 is 1.28 bits per heavy atom. The molecule has 0 bridgehead atoms. The predicted molar refractivity (Wildman–Crippen MR) is 62.0 cm³/mol. The second-order valence-electron chi connectivity index (χ2n) is 3.47. The van der Waals surface area contributed by atoms with Crippen molar-refractivity contribution in [3.8, 4) is 0 Å². The van der Waals surface area contributed by atoms with Crippen LogP contribution < -0.4 is 0 Å². The molecule has 18 heavy (non-hydrogen) atoms. The highest BCUT2D eigenvalue weighted by atomic mass is 16.4. The Bertz CT molecular complexity index is 337. The third-order valence-electron chi connectivity index (χ3n) is 1.86. The molecule has 0 saturated heterocycles. The number of carbonyl (C=O) groups excluding carboxylic acids is 2. The summed E-state index contributed by atoms with van der Waals surface area (Å²) >= 11 is 0. The van der Waals surface area contributed by atoms with Crippen molar-refractivity contribution >= 4 is 23.5 Å². The fourth-order valence-electron chi connectivity index (χ4n) is 0.992. The van der Waals surface area contributed by atoms with Crippen LogP contribution in [0.25, 0.3) is 0 Å². The summed E-state index contributed by atoms with van der Waals surface area (Å²) in [5.41, 5.74) is 0. The molecule has 0 heterocycles. The van der Waals surface area contributed by atoms with E-state index in [1.54, 1.807) is 0 Å². The Morgan fingerprint density at radius 1 is 0.778 bits per heavy atom. The lowest BCUT2D eigenvalue weighted by molar-refractivity contribution is -0.139. The highest BCUT2D eigenvalue weighted by Gasteiger charge is 1.99. The third kappa shape index (κ3) is 10.3. The Balaban J connectivity index is 0.000000327. The van der Waals surface area contributed by atoms with E-state index in [1.807, 2.05) is 0 Å². The Hall–Kier alpha value is -2.24. The molecule has 0 unspecified atom stereocenters. The molecule has 0 aromatic carbocycles. The van der Waals surface area contributed by atoms with Gasteiger partial charge in [-0.1, -0.05) is 0 Å². The smallest absolute Gasteiger partial charge is 0.303 e. The van der Waals surface area contributed by atoms with E-state index in [0.29, 0.717) is 12.8 Å². The number of unbranched alkanes of at least 4 members (excludes halogenated alkanes) is 1. The van der Waals surface area contributed by atoms with Crippen molar-refractivity contribution in [3.05, 3.63) is 24.3 Å². The molecule has 98 valence electrons. The number of hydrogen-bond acceptors (Lipinski definition) is 4. The molecule has 0 aromatic rings. The SMILES string of the molecule is O=C(O)CCCCC(=O)O.O=C1C=CC(=O)C=C1. The molecule has 0 radical (unpaired) electrons. The molecule has 0 amide bonds. The molecule has 1 aliphatic rings. The molecule has 6 heteroatoms. The van der Waals surface area contributed by atoms with Gasteiger partial charge in [0.2, 0.25) is 0 Å². The van der Waals surface area contributed by atoms with Crippen molar-refractivity contribution in [1.82, 2.24) is 0 Å². The maximum atomic E-state index is 10.3. The van der Waals surface area contributed by atoms with Crippen molar-refractivity contribution in [1.29, 1.82) is 0 Å². The molecule has 0 aliphatic heterocycles. The standard InChI is InChI=1S/C6H10O4.C6H4O2/c7-5(8)3-1-2-4-6(9)10;7-5-1-2-6(8)4-3-5/h1-4H2,(H,7,8)(H,9,10);1-4H. The van der Waals surface area contributed by atoms with Crippen LogP contribution in [0.4, 0.5) is 0 Å². The minimum atomic E-state index is -0.870. The van der Waals surface area contributed by atoms with Gasteiger partial charge in [0.1, 0.15) is 0 Å². The second-order valence-corrected chi connectivity index (χ2v) is 3.47. The van der Waals surface area contributed by atoms with Gasteiger partial charge in [0.05, 0.1) is 0 Å². The van der Waals surface area contributed by atoms with Gasteiger partial charge in [0, 0.05) is 12.8 Å². The summed E-state index contributed by atoms with van der Waals surface area (Å²) in [6.07, 6.45) is 6.03. The second kappa shape index (κ2) is 8.86. The van der Waals surface area contributed by atoms with Gasteiger partial charge in [-0.25, -0.2) is 0 Å². The Labute approximate surface area is 104 Å². The normalized spacial score (nSPS) is 12.9. The zero-order valence-electron chi connectivity index (χ0n) is 9.67. The van der Waals surface area contributed by atoms with Gasteiger partial charge in [0.25, 0.3) is 0 Å². The summed E-state index contributed by atoms with van der Waals surface area (Å²) in [5.74, 6) is -1.98. The first kappa shape index (κ1) is 15.8. The van der Waals surface area contributed by atoms with E-state index in [9.17, 15) is 19.2 Å². The number of aliphatic carboxylic acids is 2. The quantitative estimate of drug-likeness (QED) is 0.558. The molecule has 1 rings (SSSR count). The van der Waals surface area contributed by atoms with Crippen LogP contribution in [-0.2, 0) is 19.2 Å². The highest BCUT2D eigenvalue weighted by molar-refractivity contribution is 6.14. The fraction of sp³-hybridized carbons (Fsp3) is 0.333. The van der Waals surface area contributed by atoms with Crippen LogP contribution in [0.1, 0.15) is 25.7 Å². The highest BCUT2D eigenvalue weighted by Crippen LogP contribution is 1.98. The van der Waals surface area contributed by atoms with E-state index in [0.717, 1.165) is 0 Å². The third-order valence-corrected chi connectivity index (χ3v) is 1.86. The largest absolute Gasteiger partial charge is 0.481 e. The number of ketones is 2. The summed E-state index contributed by atoms with van der Waals surface area (Å²) in [6, 6.07) is 0. The number of rotatable bonds is 5. The minimum Gasteiger partial charge on any atom is -0.481 e. The van der Waals surface area contributed by atoms with Crippen LogP contribution >= 0.6 is 0 Å². The van der Waals surface area contributed by atoms with Crippen molar-refractivity contribution < 1.29 is 29.4 Å². The van der Waals surface area contributed by atoms with Crippen molar-refractivity contribution in [2.24, 2.45) is 0 Å². The zero-order valence-corrected chi connectivity index (χ0v) is 9.67. The number of carboxylic acid groups (broad SMARTS) is 2. The summed E-state index contributed by atoms with van der Waals surface area (Å²) in [7, 11) is 0. The Kier molecular flexibility index (Phi) is 7.76. The summed E-state index contributed by atoms with van der Waals surface area (Å²) in [4.78, 5) is 40.4. The molecular formula is C12H14O6. The number of allylic oxidation sites excluding steroid dienone is 4. The van der Waals surface area contributed by atoms with Crippen LogP contribution in [0, 0.1) is 0 Å². The first-order valence-corrected chi connectivity index (χ1v) is 5.29. The minimum absolute atomic E-state index is 0.0628. The molecule has 6 nitrogen and oxygen atoms in total. The lowest BCUT2D eigenvalue weighted by Gasteiger charge is -1.92. The summed E-state index contributed by atoms with van der Waals surface area (Å²) in [6.45, 7) is 0. The number of carboxylic acids is 2. The molecule has 2 N–H and O–H groups in total. The lowest BCUT2D eigenvalue weighted by atomic mass is 10.2.